The summed E-state index contributed by atoms with van der Waals surface area (Å²) in [6, 6.07) is 8.08. The monoisotopic (exact) mass is 247 g/mol. The first-order chi connectivity index (χ1) is 6.59. The van der Waals surface area contributed by atoms with Crippen molar-refractivity contribution < 1.29 is 0 Å². The molecule has 0 saturated carbocycles. The van der Waals surface area contributed by atoms with E-state index in [-0.39, 0.29) is 17.9 Å². The largest absolute Gasteiger partial charge is 0.314 e. The van der Waals surface area contributed by atoms with Crippen molar-refractivity contribution in [2.75, 3.05) is 7.05 Å². The van der Waals surface area contributed by atoms with E-state index < -0.39 is 0 Å². The predicted octanol–water partition coefficient (Wildman–Crippen LogP) is 3.69. The second-order valence-electron chi connectivity index (χ2n) is 3.97. The third kappa shape index (κ3) is 4.42. The number of likely N-dealkylation sites (N-methyl/N-ethyl adjacent to an activating group) is 1. The Kier molecular flexibility index (Phi) is 6.26. The number of hydrogen-bond donors (Lipinski definition) is 1. The molecule has 0 bridgehead atoms. The molecule has 15 heavy (non-hydrogen) atoms. The van der Waals surface area contributed by atoms with Gasteiger partial charge in [0.2, 0.25) is 0 Å². The maximum absolute atomic E-state index is 5.84. The second-order valence-corrected chi connectivity index (χ2v) is 4.40. The zero-order valence-electron chi connectivity index (χ0n) is 9.51. The van der Waals surface area contributed by atoms with Crippen LogP contribution in [0.25, 0.3) is 0 Å². The highest BCUT2D eigenvalue weighted by atomic mass is 35.5. The van der Waals surface area contributed by atoms with Gasteiger partial charge in [-0.05, 0) is 44.5 Å². The lowest BCUT2D eigenvalue weighted by Crippen LogP contribution is -2.41. The van der Waals surface area contributed by atoms with Gasteiger partial charge in [-0.25, -0.2) is 0 Å². The van der Waals surface area contributed by atoms with Crippen LogP contribution < -0.4 is 5.32 Å². The van der Waals surface area contributed by atoms with E-state index in [0.29, 0.717) is 0 Å². The van der Waals surface area contributed by atoms with Gasteiger partial charge in [-0.15, -0.1) is 12.4 Å². The zero-order valence-corrected chi connectivity index (χ0v) is 11.1. The van der Waals surface area contributed by atoms with Gasteiger partial charge < -0.3 is 5.32 Å². The van der Waals surface area contributed by atoms with E-state index >= 15 is 0 Å². The molecule has 0 aliphatic carbocycles. The van der Waals surface area contributed by atoms with Crippen LogP contribution in [0.5, 0.6) is 0 Å². The summed E-state index contributed by atoms with van der Waals surface area (Å²) in [6.07, 6.45) is 2.16. The summed E-state index contributed by atoms with van der Waals surface area (Å²) in [6.45, 7) is 4.44. The molecule has 0 radical (unpaired) electrons. The number of hydrogen-bond acceptors (Lipinski definition) is 1. The van der Waals surface area contributed by atoms with Gasteiger partial charge in [-0.1, -0.05) is 30.7 Å². The van der Waals surface area contributed by atoms with Gasteiger partial charge in [-0.3, -0.25) is 0 Å². The lowest BCUT2D eigenvalue weighted by Gasteiger charge is -2.27. The summed E-state index contributed by atoms with van der Waals surface area (Å²) in [5.41, 5.74) is 1.52. The zero-order chi connectivity index (χ0) is 10.6. The molecule has 1 rings (SSSR count). The molecule has 3 heteroatoms. The van der Waals surface area contributed by atoms with Crippen LogP contribution in [-0.2, 0) is 6.42 Å². The molecular weight excluding hydrogens is 229 g/mol. The van der Waals surface area contributed by atoms with Crippen LogP contribution in [0, 0.1) is 0 Å². The van der Waals surface area contributed by atoms with E-state index in [0.717, 1.165) is 17.9 Å². The molecular formula is C12H19Cl2N. The summed E-state index contributed by atoms with van der Waals surface area (Å²) in [7, 11) is 2.01. The Morgan fingerprint density at radius 2 is 1.80 bits per heavy atom. The van der Waals surface area contributed by atoms with Crippen LogP contribution >= 0.6 is 24.0 Å². The Bertz CT molecular complexity index is 278. The van der Waals surface area contributed by atoms with E-state index in [2.05, 4.69) is 31.3 Å². The fraction of sp³-hybridized carbons (Fsp3) is 0.500. The molecule has 0 saturated heterocycles. The first-order valence-corrected chi connectivity index (χ1v) is 5.41. The molecule has 0 spiro atoms. The Morgan fingerprint density at radius 3 is 2.20 bits per heavy atom. The van der Waals surface area contributed by atoms with Crippen molar-refractivity contribution in [3.05, 3.63) is 34.9 Å². The molecule has 0 heterocycles. The quantitative estimate of drug-likeness (QED) is 0.856. The van der Waals surface area contributed by atoms with Crippen molar-refractivity contribution in [1.29, 1.82) is 0 Å². The van der Waals surface area contributed by atoms with Gasteiger partial charge in [0, 0.05) is 10.6 Å². The maximum atomic E-state index is 5.84. The Balaban J connectivity index is 0.00000196. The molecule has 1 aromatic rings. The molecule has 1 atom stereocenters. The number of halogens is 2. The Morgan fingerprint density at radius 1 is 1.27 bits per heavy atom. The number of benzene rings is 1. The minimum absolute atomic E-state index is 0. The maximum Gasteiger partial charge on any atom is 0.0406 e. The van der Waals surface area contributed by atoms with E-state index in [1.807, 2.05) is 19.2 Å². The van der Waals surface area contributed by atoms with E-state index in [9.17, 15) is 0 Å². The van der Waals surface area contributed by atoms with Crippen molar-refractivity contribution in [3.63, 3.8) is 0 Å². The smallest absolute Gasteiger partial charge is 0.0406 e. The predicted molar refractivity (Wildman–Crippen MR) is 70.2 cm³/mol. The second kappa shape index (κ2) is 6.37. The average molecular weight is 248 g/mol. The molecule has 86 valence electrons. The molecule has 1 nitrogen and oxygen atoms in total. The lowest BCUT2D eigenvalue weighted by atomic mass is 9.90. The number of rotatable bonds is 4. The summed E-state index contributed by atoms with van der Waals surface area (Å²) in [4.78, 5) is 0. The molecule has 0 aliphatic rings. The van der Waals surface area contributed by atoms with Crippen LogP contribution in [0.15, 0.2) is 24.3 Å². The van der Waals surface area contributed by atoms with Gasteiger partial charge in [0.25, 0.3) is 0 Å². The van der Waals surface area contributed by atoms with E-state index in [1.165, 1.54) is 5.56 Å². The van der Waals surface area contributed by atoms with Gasteiger partial charge in [0.15, 0.2) is 0 Å². The van der Waals surface area contributed by atoms with E-state index in [1.54, 1.807) is 0 Å². The van der Waals surface area contributed by atoms with Crippen LogP contribution in [0.2, 0.25) is 5.02 Å². The van der Waals surface area contributed by atoms with Crippen LogP contribution in [-0.4, -0.2) is 12.6 Å². The fourth-order valence-electron chi connectivity index (χ4n) is 1.44. The molecule has 1 N–H and O–H groups in total. The highest BCUT2D eigenvalue weighted by molar-refractivity contribution is 6.30. The molecule has 0 amide bonds. The molecule has 0 aromatic heterocycles. The van der Waals surface area contributed by atoms with Crippen molar-refractivity contribution in [3.8, 4) is 0 Å². The summed E-state index contributed by atoms with van der Waals surface area (Å²) >= 11 is 5.84. The topological polar surface area (TPSA) is 12.0 Å². The highest BCUT2D eigenvalue weighted by Gasteiger charge is 2.19. The summed E-state index contributed by atoms with van der Waals surface area (Å²) < 4.78 is 0. The average Bonchev–Trinajstić information content (AvgIpc) is 2.21. The first kappa shape index (κ1) is 14.8. The van der Waals surface area contributed by atoms with Crippen molar-refractivity contribution in [2.45, 2.75) is 32.2 Å². The minimum atomic E-state index is 0. The SMILES string of the molecule is CCC(C)(Cc1ccc(Cl)cc1)NC.Cl. The molecule has 1 aromatic carbocycles. The van der Waals surface area contributed by atoms with Crippen LogP contribution in [0.1, 0.15) is 25.8 Å². The fourth-order valence-corrected chi connectivity index (χ4v) is 1.57. The Labute approximate surface area is 104 Å². The van der Waals surface area contributed by atoms with Crippen LogP contribution in [0.4, 0.5) is 0 Å². The van der Waals surface area contributed by atoms with Crippen molar-refractivity contribution >= 4 is 24.0 Å². The third-order valence-electron chi connectivity index (χ3n) is 2.89. The van der Waals surface area contributed by atoms with Gasteiger partial charge in [0.05, 0.1) is 0 Å². The van der Waals surface area contributed by atoms with Gasteiger partial charge in [0.1, 0.15) is 0 Å². The summed E-state index contributed by atoms with van der Waals surface area (Å²) in [5.74, 6) is 0. The third-order valence-corrected chi connectivity index (χ3v) is 3.14. The normalized spacial score (nSPS) is 14.1. The standard InChI is InChI=1S/C12H18ClN.ClH/c1-4-12(2,14-3)9-10-5-7-11(13)8-6-10;/h5-8,14H,4,9H2,1-3H3;1H. The molecule has 1 unspecified atom stereocenters. The first-order valence-electron chi connectivity index (χ1n) is 5.03. The van der Waals surface area contributed by atoms with Gasteiger partial charge in [-0.2, -0.15) is 0 Å². The number of nitrogens with one attached hydrogen (secondary N) is 1. The van der Waals surface area contributed by atoms with Crippen LogP contribution in [0.3, 0.4) is 0 Å². The Hall–Kier alpha value is -0.240. The van der Waals surface area contributed by atoms with Gasteiger partial charge >= 0.3 is 0 Å². The van der Waals surface area contributed by atoms with Crippen molar-refractivity contribution in [1.82, 2.24) is 5.32 Å². The lowest BCUT2D eigenvalue weighted by molar-refractivity contribution is 0.369. The molecule has 0 fully saturated rings. The summed E-state index contributed by atoms with van der Waals surface area (Å²) in [5, 5.41) is 4.16. The van der Waals surface area contributed by atoms with E-state index in [4.69, 9.17) is 11.6 Å². The molecule has 0 aliphatic heterocycles. The highest BCUT2D eigenvalue weighted by Crippen LogP contribution is 2.18. The van der Waals surface area contributed by atoms with Crippen molar-refractivity contribution in [2.24, 2.45) is 0 Å². The minimum Gasteiger partial charge on any atom is -0.314 e.